The van der Waals surface area contributed by atoms with Crippen molar-refractivity contribution in [2.75, 3.05) is 49.6 Å². The zero-order chi connectivity index (χ0) is 21.5. The van der Waals surface area contributed by atoms with Gasteiger partial charge in [0.2, 0.25) is 11.8 Å². The highest BCUT2D eigenvalue weighted by atomic mass is 16.5. The van der Waals surface area contributed by atoms with Crippen LogP contribution in [-0.2, 0) is 20.7 Å². The van der Waals surface area contributed by atoms with Crippen LogP contribution < -0.4 is 10.2 Å². The molecule has 0 spiro atoms. The Labute approximate surface area is 177 Å². The first kappa shape index (κ1) is 21.8. The minimum atomic E-state index is -0.207. The van der Waals surface area contributed by atoms with Gasteiger partial charge >= 0.3 is 0 Å². The Morgan fingerprint density at radius 1 is 1.17 bits per heavy atom. The third-order valence-corrected chi connectivity index (χ3v) is 5.37. The van der Waals surface area contributed by atoms with Crippen LogP contribution in [-0.4, -0.2) is 61.3 Å². The molecule has 3 rings (SSSR count). The summed E-state index contributed by atoms with van der Waals surface area (Å²) in [5.74, 6) is 0.471. The Kier molecular flexibility index (Phi) is 7.46. The summed E-state index contributed by atoms with van der Waals surface area (Å²) in [5.41, 5.74) is 3.60. The van der Waals surface area contributed by atoms with Gasteiger partial charge in [-0.15, -0.1) is 0 Å². The molecule has 30 heavy (non-hydrogen) atoms. The zero-order valence-electron chi connectivity index (χ0n) is 17.9. The van der Waals surface area contributed by atoms with Crippen LogP contribution in [0.15, 0.2) is 28.8 Å². The molecule has 0 radical (unpaired) electrons. The monoisotopic (exact) mass is 414 g/mol. The first-order valence-electron chi connectivity index (χ1n) is 10.4. The van der Waals surface area contributed by atoms with Crippen LogP contribution in [0.3, 0.4) is 0 Å². The van der Waals surface area contributed by atoms with E-state index in [1.54, 1.807) is 4.90 Å². The highest BCUT2D eigenvalue weighted by Gasteiger charge is 2.18. The average Bonchev–Trinajstić information content (AvgIpc) is 3.08. The number of carbonyl (C=O) groups is 2. The number of carbonyl (C=O) groups excluding carboxylic acids is 2. The van der Waals surface area contributed by atoms with E-state index in [9.17, 15) is 9.59 Å². The van der Waals surface area contributed by atoms with E-state index in [0.717, 1.165) is 54.7 Å². The molecule has 1 fully saturated rings. The van der Waals surface area contributed by atoms with Crippen molar-refractivity contribution < 1.29 is 18.8 Å². The molecule has 0 unspecified atom stereocenters. The molecule has 1 aromatic heterocycles. The van der Waals surface area contributed by atoms with Crippen molar-refractivity contribution in [1.82, 2.24) is 10.1 Å². The van der Waals surface area contributed by atoms with E-state index in [0.29, 0.717) is 19.4 Å². The lowest BCUT2D eigenvalue weighted by Crippen LogP contribution is -2.38. The standard InChI is InChI=1S/C22H30N4O4/c1-4-25(22(28)10-9-20-16(2)24-30-17(20)3)15-21(27)23-18-5-7-19(8-6-18)26-11-13-29-14-12-26/h5-8H,4,9-15H2,1-3H3,(H,23,27). The van der Waals surface area contributed by atoms with Crippen LogP contribution in [0.4, 0.5) is 11.4 Å². The van der Waals surface area contributed by atoms with Crippen molar-refractivity contribution in [2.24, 2.45) is 0 Å². The molecule has 1 aliphatic heterocycles. The maximum absolute atomic E-state index is 12.6. The fourth-order valence-electron chi connectivity index (χ4n) is 3.58. The van der Waals surface area contributed by atoms with Gasteiger partial charge in [-0.3, -0.25) is 9.59 Å². The second-order valence-corrected chi connectivity index (χ2v) is 7.41. The third-order valence-electron chi connectivity index (χ3n) is 5.37. The van der Waals surface area contributed by atoms with Crippen molar-refractivity contribution in [3.8, 4) is 0 Å². The number of nitrogens with zero attached hydrogens (tertiary/aromatic N) is 3. The van der Waals surface area contributed by atoms with E-state index in [1.807, 2.05) is 45.0 Å². The number of ether oxygens (including phenoxy) is 1. The summed E-state index contributed by atoms with van der Waals surface area (Å²) in [5, 5.41) is 6.80. The Balaban J connectivity index is 1.50. The van der Waals surface area contributed by atoms with Crippen LogP contribution in [0.1, 0.15) is 30.4 Å². The molecule has 8 nitrogen and oxygen atoms in total. The van der Waals surface area contributed by atoms with Gasteiger partial charge in [-0.05, 0) is 51.5 Å². The predicted molar refractivity (Wildman–Crippen MR) is 115 cm³/mol. The average molecular weight is 415 g/mol. The largest absolute Gasteiger partial charge is 0.378 e. The molecular formula is C22H30N4O4. The lowest BCUT2D eigenvalue weighted by Gasteiger charge is -2.29. The Bertz CT molecular complexity index is 837. The maximum atomic E-state index is 12.6. The molecule has 0 atom stereocenters. The molecule has 162 valence electrons. The van der Waals surface area contributed by atoms with Crippen molar-refractivity contribution in [1.29, 1.82) is 0 Å². The van der Waals surface area contributed by atoms with Crippen LogP contribution in [0.25, 0.3) is 0 Å². The smallest absolute Gasteiger partial charge is 0.243 e. The van der Waals surface area contributed by atoms with Crippen LogP contribution in [0.5, 0.6) is 0 Å². The van der Waals surface area contributed by atoms with E-state index in [2.05, 4.69) is 15.4 Å². The number of rotatable bonds is 8. The van der Waals surface area contributed by atoms with Crippen molar-refractivity contribution >= 4 is 23.2 Å². The minimum Gasteiger partial charge on any atom is -0.378 e. The Hall–Kier alpha value is -2.87. The van der Waals surface area contributed by atoms with E-state index >= 15 is 0 Å². The molecule has 2 aromatic rings. The van der Waals surface area contributed by atoms with Gasteiger partial charge in [0, 0.05) is 43.0 Å². The fraction of sp³-hybridized carbons (Fsp3) is 0.500. The summed E-state index contributed by atoms with van der Waals surface area (Å²) >= 11 is 0. The molecule has 1 N–H and O–H groups in total. The topological polar surface area (TPSA) is 87.9 Å². The summed E-state index contributed by atoms with van der Waals surface area (Å²) in [6, 6.07) is 7.76. The number of aryl methyl sites for hydroxylation is 2. The van der Waals surface area contributed by atoms with E-state index in [1.165, 1.54) is 0 Å². The molecule has 1 aliphatic rings. The molecule has 1 aromatic carbocycles. The SMILES string of the molecule is CCN(CC(=O)Nc1ccc(N2CCOCC2)cc1)C(=O)CCc1c(C)noc1C. The molecule has 1 saturated heterocycles. The zero-order valence-corrected chi connectivity index (χ0v) is 17.9. The normalized spacial score (nSPS) is 13.9. The third kappa shape index (κ3) is 5.60. The van der Waals surface area contributed by atoms with E-state index in [4.69, 9.17) is 9.26 Å². The number of likely N-dealkylation sites (N-methyl/N-ethyl adjacent to an activating group) is 1. The number of morpholine rings is 1. The van der Waals surface area contributed by atoms with Gasteiger partial charge in [0.15, 0.2) is 0 Å². The van der Waals surface area contributed by atoms with Gasteiger partial charge in [-0.1, -0.05) is 5.16 Å². The summed E-state index contributed by atoms with van der Waals surface area (Å²) in [6.07, 6.45) is 0.874. The highest BCUT2D eigenvalue weighted by Crippen LogP contribution is 2.19. The van der Waals surface area contributed by atoms with Crippen LogP contribution in [0, 0.1) is 13.8 Å². The van der Waals surface area contributed by atoms with Gasteiger partial charge < -0.3 is 24.4 Å². The van der Waals surface area contributed by atoms with Crippen LogP contribution in [0.2, 0.25) is 0 Å². The van der Waals surface area contributed by atoms with Gasteiger partial charge in [0.05, 0.1) is 25.5 Å². The Morgan fingerprint density at radius 3 is 2.47 bits per heavy atom. The molecule has 0 saturated carbocycles. The molecule has 0 bridgehead atoms. The number of amides is 2. The van der Waals surface area contributed by atoms with Gasteiger partial charge in [0.25, 0.3) is 0 Å². The number of anilines is 2. The summed E-state index contributed by atoms with van der Waals surface area (Å²) in [6.45, 7) is 9.29. The summed E-state index contributed by atoms with van der Waals surface area (Å²) in [7, 11) is 0. The number of hydrogen-bond acceptors (Lipinski definition) is 6. The van der Waals surface area contributed by atoms with E-state index in [-0.39, 0.29) is 18.4 Å². The Morgan fingerprint density at radius 2 is 1.87 bits per heavy atom. The minimum absolute atomic E-state index is 0.0299. The molecule has 0 aliphatic carbocycles. The van der Waals surface area contributed by atoms with Crippen LogP contribution >= 0.6 is 0 Å². The lowest BCUT2D eigenvalue weighted by atomic mass is 10.1. The van der Waals surface area contributed by atoms with Gasteiger partial charge in [0.1, 0.15) is 5.76 Å². The molecular weight excluding hydrogens is 384 g/mol. The van der Waals surface area contributed by atoms with Gasteiger partial charge in [-0.2, -0.15) is 0 Å². The number of nitrogens with one attached hydrogen (secondary N) is 1. The first-order chi connectivity index (χ1) is 14.5. The fourth-order valence-corrected chi connectivity index (χ4v) is 3.58. The number of aromatic nitrogens is 1. The second-order valence-electron chi connectivity index (χ2n) is 7.41. The first-order valence-corrected chi connectivity index (χ1v) is 10.4. The van der Waals surface area contributed by atoms with Crippen molar-refractivity contribution in [2.45, 2.75) is 33.6 Å². The summed E-state index contributed by atoms with van der Waals surface area (Å²) < 4.78 is 10.5. The van der Waals surface area contributed by atoms with Gasteiger partial charge in [-0.25, -0.2) is 0 Å². The predicted octanol–water partition coefficient (Wildman–Crippen LogP) is 2.55. The number of hydrogen-bond donors (Lipinski definition) is 1. The van der Waals surface area contributed by atoms with E-state index < -0.39 is 0 Å². The summed E-state index contributed by atoms with van der Waals surface area (Å²) in [4.78, 5) is 28.9. The molecule has 2 heterocycles. The quantitative estimate of drug-likeness (QED) is 0.714. The highest BCUT2D eigenvalue weighted by molar-refractivity contribution is 5.94. The molecule has 8 heteroatoms. The number of benzene rings is 1. The van der Waals surface area contributed by atoms with Crippen molar-refractivity contribution in [3.05, 3.63) is 41.3 Å². The maximum Gasteiger partial charge on any atom is 0.243 e. The molecule has 2 amide bonds. The second kappa shape index (κ2) is 10.2. The lowest BCUT2D eigenvalue weighted by molar-refractivity contribution is -0.134. The van der Waals surface area contributed by atoms with Crippen molar-refractivity contribution in [3.63, 3.8) is 0 Å².